The number of ether oxygens (including phenoxy) is 2. The number of hydrogen-bond acceptors (Lipinski definition) is 6. The van der Waals surface area contributed by atoms with Gasteiger partial charge >= 0.3 is 6.03 Å². The third-order valence-corrected chi connectivity index (χ3v) is 4.80. The zero-order valence-corrected chi connectivity index (χ0v) is 15.4. The lowest BCUT2D eigenvalue weighted by Crippen LogP contribution is -2.58. The van der Waals surface area contributed by atoms with Gasteiger partial charge in [-0.05, 0) is 19.1 Å². The van der Waals surface area contributed by atoms with Crippen LogP contribution in [0, 0.1) is 0 Å². The number of para-hydroxylation sites is 2. The summed E-state index contributed by atoms with van der Waals surface area (Å²) in [5, 5.41) is 4.63. The summed E-state index contributed by atoms with van der Waals surface area (Å²) in [6.45, 7) is 3.97. The molecule has 4 amide bonds. The minimum atomic E-state index is -0.666. The quantitative estimate of drug-likeness (QED) is 0.759. The lowest BCUT2D eigenvalue weighted by Gasteiger charge is -2.39. The molecule has 2 aliphatic rings. The standard InChI is InChI=1S/C18H24N4O5/c1-12(16(23)20-18(25)19-2)21-7-9-22(10-8-21)17(24)15-11-26-13-5-3-4-6-14(13)27-15/h3-6,12,15H,7-11H2,1-2H3,(H2,19,20,23,25)/t12-,15-/m0/s1. The average Bonchev–Trinajstić information content (AvgIpc) is 2.72. The first kappa shape index (κ1) is 19.0. The van der Waals surface area contributed by atoms with Gasteiger partial charge in [-0.1, -0.05) is 12.1 Å². The Morgan fingerprint density at radius 2 is 1.78 bits per heavy atom. The Bertz CT molecular complexity index is 717. The molecule has 2 aliphatic heterocycles. The van der Waals surface area contributed by atoms with Crippen LogP contribution < -0.4 is 20.1 Å². The smallest absolute Gasteiger partial charge is 0.321 e. The van der Waals surface area contributed by atoms with Crippen LogP contribution in [-0.4, -0.2) is 79.6 Å². The van der Waals surface area contributed by atoms with Gasteiger partial charge in [0.1, 0.15) is 6.61 Å². The maximum Gasteiger partial charge on any atom is 0.321 e. The Kier molecular flexibility index (Phi) is 5.80. The summed E-state index contributed by atoms with van der Waals surface area (Å²) in [7, 11) is 1.45. The maximum absolute atomic E-state index is 12.7. The number of fused-ring (bicyclic) bond motifs is 1. The fourth-order valence-corrected chi connectivity index (χ4v) is 3.12. The van der Waals surface area contributed by atoms with Gasteiger partial charge in [-0.2, -0.15) is 0 Å². The van der Waals surface area contributed by atoms with Crippen molar-refractivity contribution >= 4 is 17.8 Å². The predicted molar refractivity (Wildman–Crippen MR) is 96.6 cm³/mol. The van der Waals surface area contributed by atoms with Crippen LogP contribution in [0.4, 0.5) is 4.79 Å². The number of urea groups is 1. The van der Waals surface area contributed by atoms with Crippen molar-refractivity contribution in [1.82, 2.24) is 20.4 Å². The molecule has 1 fully saturated rings. The number of carbonyl (C=O) groups excluding carboxylic acids is 3. The molecule has 0 aromatic heterocycles. The molecule has 0 radical (unpaired) electrons. The van der Waals surface area contributed by atoms with Crippen molar-refractivity contribution in [3.05, 3.63) is 24.3 Å². The molecule has 0 unspecified atom stereocenters. The largest absolute Gasteiger partial charge is 0.485 e. The highest BCUT2D eigenvalue weighted by Crippen LogP contribution is 2.31. The van der Waals surface area contributed by atoms with E-state index in [0.717, 1.165) is 0 Å². The van der Waals surface area contributed by atoms with Gasteiger partial charge in [-0.25, -0.2) is 4.79 Å². The molecule has 2 atom stereocenters. The molecule has 1 aromatic rings. The number of piperazine rings is 1. The summed E-state index contributed by atoms with van der Waals surface area (Å²) in [5.74, 6) is 0.726. The van der Waals surface area contributed by atoms with Crippen LogP contribution in [0.2, 0.25) is 0 Å². The molecule has 9 nitrogen and oxygen atoms in total. The lowest BCUT2D eigenvalue weighted by molar-refractivity contribution is -0.143. The summed E-state index contributed by atoms with van der Waals surface area (Å²) in [4.78, 5) is 39.7. The zero-order valence-electron chi connectivity index (χ0n) is 15.4. The number of amides is 4. The molecule has 1 saturated heterocycles. The Labute approximate surface area is 157 Å². The van der Waals surface area contributed by atoms with Crippen LogP contribution in [-0.2, 0) is 9.59 Å². The van der Waals surface area contributed by atoms with Crippen LogP contribution in [0.15, 0.2) is 24.3 Å². The number of imide groups is 1. The number of nitrogens with zero attached hydrogens (tertiary/aromatic N) is 2. The molecule has 1 aromatic carbocycles. The highest BCUT2D eigenvalue weighted by molar-refractivity contribution is 5.96. The van der Waals surface area contributed by atoms with Crippen molar-refractivity contribution in [2.75, 3.05) is 39.8 Å². The molecule has 3 rings (SSSR count). The van der Waals surface area contributed by atoms with Gasteiger partial charge in [0, 0.05) is 33.2 Å². The van der Waals surface area contributed by atoms with E-state index < -0.39 is 18.2 Å². The molecule has 0 saturated carbocycles. The second-order valence-electron chi connectivity index (χ2n) is 6.47. The van der Waals surface area contributed by atoms with Crippen LogP contribution in [0.1, 0.15) is 6.92 Å². The van der Waals surface area contributed by atoms with Crippen LogP contribution in [0.3, 0.4) is 0 Å². The van der Waals surface area contributed by atoms with Gasteiger partial charge < -0.3 is 19.7 Å². The highest BCUT2D eigenvalue weighted by atomic mass is 16.6. The average molecular weight is 376 g/mol. The summed E-state index contributed by atoms with van der Waals surface area (Å²) < 4.78 is 11.4. The fraction of sp³-hybridized carbons (Fsp3) is 0.500. The van der Waals surface area contributed by atoms with Crippen molar-refractivity contribution in [2.45, 2.75) is 19.1 Å². The van der Waals surface area contributed by atoms with Crippen LogP contribution >= 0.6 is 0 Å². The zero-order chi connectivity index (χ0) is 19.4. The number of nitrogens with one attached hydrogen (secondary N) is 2. The molecule has 9 heteroatoms. The molecule has 146 valence electrons. The van der Waals surface area contributed by atoms with E-state index in [9.17, 15) is 14.4 Å². The number of hydrogen-bond donors (Lipinski definition) is 2. The first-order valence-corrected chi connectivity index (χ1v) is 8.93. The van der Waals surface area contributed by atoms with E-state index in [0.29, 0.717) is 37.7 Å². The SMILES string of the molecule is CNC(=O)NC(=O)[C@H](C)N1CCN(C(=O)[C@@H]2COc3ccccc3O2)CC1. The second-order valence-corrected chi connectivity index (χ2v) is 6.47. The fourth-order valence-electron chi connectivity index (χ4n) is 3.12. The molecule has 0 aliphatic carbocycles. The molecule has 0 spiro atoms. The van der Waals surface area contributed by atoms with Gasteiger partial charge in [-0.15, -0.1) is 0 Å². The molecule has 0 bridgehead atoms. The Morgan fingerprint density at radius 1 is 1.11 bits per heavy atom. The van der Waals surface area contributed by atoms with Crippen LogP contribution in [0.25, 0.3) is 0 Å². The first-order valence-electron chi connectivity index (χ1n) is 8.93. The van der Waals surface area contributed by atoms with Crippen molar-refractivity contribution in [1.29, 1.82) is 0 Å². The minimum Gasteiger partial charge on any atom is -0.485 e. The van der Waals surface area contributed by atoms with Gasteiger partial charge in [0.05, 0.1) is 6.04 Å². The van der Waals surface area contributed by atoms with Crippen molar-refractivity contribution in [3.63, 3.8) is 0 Å². The Hall–Kier alpha value is -2.81. The Morgan fingerprint density at radius 3 is 2.44 bits per heavy atom. The minimum absolute atomic E-state index is 0.119. The van der Waals surface area contributed by atoms with Crippen molar-refractivity contribution < 1.29 is 23.9 Å². The van der Waals surface area contributed by atoms with Gasteiger partial charge in [0.2, 0.25) is 12.0 Å². The number of carbonyl (C=O) groups is 3. The van der Waals surface area contributed by atoms with E-state index >= 15 is 0 Å². The van der Waals surface area contributed by atoms with E-state index in [1.165, 1.54) is 7.05 Å². The van der Waals surface area contributed by atoms with E-state index in [2.05, 4.69) is 10.6 Å². The molecular formula is C18H24N4O5. The van der Waals surface area contributed by atoms with E-state index in [4.69, 9.17) is 9.47 Å². The summed E-state index contributed by atoms with van der Waals surface area (Å²) in [6.07, 6.45) is -0.666. The third kappa shape index (κ3) is 4.30. The molecule has 2 heterocycles. The van der Waals surface area contributed by atoms with Crippen LogP contribution in [0.5, 0.6) is 11.5 Å². The van der Waals surface area contributed by atoms with E-state index in [1.54, 1.807) is 24.0 Å². The van der Waals surface area contributed by atoms with Gasteiger partial charge in [-0.3, -0.25) is 19.8 Å². The molecule has 27 heavy (non-hydrogen) atoms. The third-order valence-electron chi connectivity index (χ3n) is 4.80. The summed E-state index contributed by atoms with van der Waals surface area (Å²) in [6, 6.07) is 6.28. The number of rotatable bonds is 3. The van der Waals surface area contributed by atoms with Gasteiger partial charge in [0.25, 0.3) is 5.91 Å². The number of benzene rings is 1. The lowest BCUT2D eigenvalue weighted by atomic mass is 10.2. The first-order chi connectivity index (χ1) is 13.0. The topological polar surface area (TPSA) is 100 Å². The Balaban J connectivity index is 1.51. The summed E-state index contributed by atoms with van der Waals surface area (Å²) >= 11 is 0. The highest BCUT2D eigenvalue weighted by Gasteiger charge is 2.34. The normalized spacial score (nSPS) is 20.5. The van der Waals surface area contributed by atoms with E-state index in [-0.39, 0.29) is 18.4 Å². The second kappa shape index (κ2) is 8.26. The van der Waals surface area contributed by atoms with Crippen molar-refractivity contribution in [3.8, 4) is 11.5 Å². The maximum atomic E-state index is 12.7. The van der Waals surface area contributed by atoms with Gasteiger partial charge in [0.15, 0.2) is 11.5 Å². The molecule has 2 N–H and O–H groups in total. The predicted octanol–water partition coefficient (Wildman–Crippen LogP) is -0.185. The summed E-state index contributed by atoms with van der Waals surface area (Å²) in [5.41, 5.74) is 0. The van der Waals surface area contributed by atoms with Crippen molar-refractivity contribution in [2.24, 2.45) is 0 Å². The monoisotopic (exact) mass is 376 g/mol. The van der Waals surface area contributed by atoms with E-state index in [1.807, 2.05) is 17.0 Å². The molecular weight excluding hydrogens is 352 g/mol.